The number of likely N-dealkylation sites (tertiary alicyclic amines) is 1. The van der Waals surface area contributed by atoms with Crippen molar-refractivity contribution in [3.8, 4) is 11.5 Å². The Morgan fingerprint density at radius 1 is 1.19 bits per heavy atom. The van der Waals surface area contributed by atoms with Crippen LogP contribution < -0.4 is 9.47 Å². The Morgan fingerprint density at radius 3 is 2.70 bits per heavy atom. The lowest BCUT2D eigenvalue weighted by atomic mass is 10.0. The van der Waals surface area contributed by atoms with Crippen LogP contribution in [0, 0.1) is 11.6 Å². The number of nitrogens with zero attached hydrogens (tertiary/aromatic N) is 1. The highest BCUT2D eigenvalue weighted by Gasteiger charge is 2.32. The molecule has 0 radical (unpaired) electrons. The van der Waals surface area contributed by atoms with Crippen LogP contribution in [0.4, 0.5) is 8.78 Å². The Morgan fingerprint density at radius 2 is 2.00 bits per heavy atom. The molecular formula is C20H21F2NO3S. The fraction of sp³-hybridized carbons (Fsp3) is 0.350. The Kier molecular flexibility index (Phi) is 6.21. The highest BCUT2D eigenvalue weighted by atomic mass is 32.2. The van der Waals surface area contributed by atoms with Crippen LogP contribution in [0.5, 0.6) is 11.5 Å². The van der Waals surface area contributed by atoms with Gasteiger partial charge >= 0.3 is 0 Å². The molecule has 1 aliphatic heterocycles. The number of ether oxygens (including phenoxy) is 2. The van der Waals surface area contributed by atoms with Crippen LogP contribution in [0.2, 0.25) is 0 Å². The van der Waals surface area contributed by atoms with Crippen LogP contribution >= 0.6 is 11.8 Å². The lowest BCUT2D eigenvalue weighted by Crippen LogP contribution is -2.32. The Labute approximate surface area is 161 Å². The number of halogens is 2. The molecule has 3 rings (SSSR count). The Bertz CT molecular complexity index is 831. The van der Waals surface area contributed by atoms with Crippen molar-refractivity contribution >= 4 is 17.7 Å². The Hall–Kier alpha value is -2.28. The number of thioether (sulfide) groups is 1. The predicted octanol–water partition coefficient (Wildman–Crippen LogP) is 4.44. The van der Waals surface area contributed by atoms with Crippen molar-refractivity contribution in [3.05, 3.63) is 53.6 Å². The van der Waals surface area contributed by atoms with E-state index in [4.69, 9.17) is 9.47 Å². The van der Waals surface area contributed by atoms with Gasteiger partial charge in [-0.1, -0.05) is 0 Å². The van der Waals surface area contributed by atoms with E-state index in [2.05, 4.69) is 0 Å². The maximum absolute atomic E-state index is 13.8. The van der Waals surface area contributed by atoms with Gasteiger partial charge in [-0.25, -0.2) is 8.78 Å². The van der Waals surface area contributed by atoms with Crippen molar-refractivity contribution in [1.29, 1.82) is 0 Å². The largest absolute Gasteiger partial charge is 0.497 e. The zero-order chi connectivity index (χ0) is 19.4. The first-order valence-electron chi connectivity index (χ1n) is 8.62. The first-order valence-corrected chi connectivity index (χ1v) is 9.61. The van der Waals surface area contributed by atoms with Gasteiger partial charge in [0.05, 0.1) is 26.0 Å². The minimum Gasteiger partial charge on any atom is -0.497 e. The molecule has 0 unspecified atom stereocenters. The first kappa shape index (κ1) is 19.5. The number of hydrogen-bond acceptors (Lipinski definition) is 4. The summed E-state index contributed by atoms with van der Waals surface area (Å²) >= 11 is 1.08. The van der Waals surface area contributed by atoms with Crippen LogP contribution in [-0.4, -0.2) is 37.3 Å². The van der Waals surface area contributed by atoms with E-state index in [9.17, 15) is 13.6 Å². The van der Waals surface area contributed by atoms with Crippen molar-refractivity contribution in [3.63, 3.8) is 0 Å². The molecular weight excluding hydrogens is 372 g/mol. The quantitative estimate of drug-likeness (QED) is 0.681. The third-order valence-electron chi connectivity index (χ3n) is 4.61. The summed E-state index contributed by atoms with van der Waals surface area (Å²) in [6, 6.07) is 8.80. The molecule has 1 heterocycles. The smallest absolute Gasteiger partial charge is 0.233 e. The molecule has 0 aliphatic carbocycles. The molecule has 0 N–H and O–H groups in total. The van der Waals surface area contributed by atoms with Crippen molar-refractivity contribution < 1.29 is 23.0 Å². The van der Waals surface area contributed by atoms with Gasteiger partial charge < -0.3 is 14.4 Å². The number of carbonyl (C=O) groups excluding carboxylic acids is 1. The number of carbonyl (C=O) groups is 1. The van der Waals surface area contributed by atoms with Crippen molar-refractivity contribution in [1.82, 2.24) is 4.90 Å². The first-order chi connectivity index (χ1) is 13.0. The van der Waals surface area contributed by atoms with E-state index < -0.39 is 11.6 Å². The molecule has 27 heavy (non-hydrogen) atoms. The predicted molar refractivity (Wildman–Crippen MR) is 100 cm³/mol. The molecule has 0 aromatic heterocycles. The van der Waals surface area contributed by atoms with Gasteiger partial charge in [0, 0.05) is 23.1 Å². The van der Waals surface area contributed by atoms with Crippen molar-refractivity contribution in [2.24, 2.45) is 0 Å². The number of methoxy groups -OCH3 is 2. The van der Waals surface area contributed by atoms with Crippen LogP contribution in [0.25, 0.3) is 0 Å². The highest BCUT2D eigenvalue weighted by molar-refractivity contribution is 8.00. The highest BCUT2D eigenvalue weighted by Crippen LogP contribution is 2.39. The molecule has 1 saturated heterocycles. The van der Waals surface area contributed by atoms with E-state index >= 15 is 0 Å². The third-order valence-corrected chi connectivity index (χ3v) is 5.65. The van der Waals surface area contributed by atoms with E-state index in [0.29, 0.717) is 18.0 Å². The van der Waals surface area contributed by atoms with Gasteiger partial charge in [-0.05, 0) is 43.2 Å². The number of benzene rings is 2. The van der Waals surface area contributed by atoms with E-state index in [1.807, 2.05) is 18.2 Å². The van der Waals surface area contributed by atoms with Gasteiger partial charge in [-0.2, -0.15) is 0 Å². The summed E-state index contributed by atoms with van der Waals surface area (Å²) < 4.78 is 37.6. The van der Waals surface area contributed by atoms with Crippen LogP contribution in [0.1, 0.15) is 24.4 Å². The number of amides is 1. The SMILES string of the molecule is COc1ccc(OC)c([C@@H]2CCCN2C(=O)CSc2ccc(F)cc2F)c1. The van der Waals surface area contributed by atoms with Gasteiger partial charge in [0.2, 0.25) is 5.91 Å². The lowest BCUT2D eigenvalue weighted by Gasteiger charge is -2.26. The molecule has 0 bridgehead atoms. The molecule has 1 aliphatic rings. The lowest BCUT2D eigenvalue weighted by molar-refractivity contribution is -0.129. The molecule has 0 spiro atoms. The van der Waals surface area contributed by atoms with Gasteiger partial charge in [-0.3, -0.25) is 4.79 Å². The summed E-state index contributed by atoms with van der Waals surface area (Å²) in [4.78, 5) is 14.8. The third kappa shape index (κ3) is 4.35. The zero-order valence-corrected chi connectivity index (χ0v) is 16.0. The average molecular weight is 393 g/mol. The molecule has 1 fully saturated rings. The summed E-state index contributed by atoms with van der Waals surface area (Å²) in [6.07, 6.45) is 1.71. The summed E-state index contributed by atoms with van der Waals surface area (Å²) in [5.41, 5.74) is 0.903. The van der Waals surface area contributed by atoms with Crippen LogP contribution in [-0.2, 0) is 4.79 Å². The number of rotatable bonds is 6. The zero-order valence-electron chi connectivity index (χ0n) is 15.2. The standard InChI is InChI=1S/C20H21F2NO3S/c1-25-14-6-7-18(26-2)15(11-14)17-4-3-9-23(17)20(24)12-27-19-8-5-13(21)10-16(19)22/h5-8,10-11,17H,3-4,9,12H2,1-2H3/t17-/m0/s1. The number of hydrogen-bond donors (Lipinski definition) is 0. The second-order valence-electron chi connectivity index (χ2n) is 6.22. The molecule has 7 heteroatoms. The minimum absolute atomic E-state index is 0.0869. The van der Waals surface area contributed by atoms with Crippen molar-refractivity contribution in [2.75, 3.05) is 26.5 Å². The van der Waals surface area contributed by atoms with E-state index in [-0.39, 0.29) is 22.6 Å². The van der Waals surface area contributed by atoms with Crippen LogP contribution in [0.3, 0.4) is 0 Å². The summed E-state index contributed by atoms with van der Waals surface area (Å²) in [5.74, 6) is 0.126. The summed E-state index contributed by atoms with van der Waals surface area (Å²) in [6.45, 7) is 0.635. The van der Waals surface area contributed by atoms with Crippen molar-refractivity contribution in [2.45, 2.75) is 23.8 Å². The fourth-order valence-electron chi connectivity index (χ4n) is 3.30. The van der Waals surface area contributed by atoms with E-state index in [1.54, 1.807) is 19.1 Å². The minimum atomic E-state index is -0.653. The molecule has 2 aromatic rings. The maximum Gasteiger partial charge on any atom is 0.233 e. The van der Waals surface area contributed by atoms with E-state index in [0.717, 1.165) is 36.2 Å². The van der Waals surface area contributed by atoms with Gasteiger partial charge in [0.25, 0.3) is 0 Å². The monoisotopic (exact) mass is 393 g/mol. The normalized spacial score (nSPS) is 16.4. The second kappa shape index (κ2) is 8.61. The van der Waals surface area contributed by atoms with E-state index in [1.165, 1.54) is 12.1 Å². The van der Waals surface area contributed by atoms with Crippen LogP contribution in [0.15, 0.2) is 41.3 Å². The average Bonchev–Trinajstić information content (AvgIpc) is 3.16. The van der Waals surface area contributed by atoms with Gasteiger partial charge in [0.15, 0.2) is 0 Å². The summed E-state index contributed by atoms with van der Waals surface area (Å²) in [7, 11) is 3.19. The fourth-order valence-corrected chi connectivity index (χ4v) is 4.11. The molecule has 1 amide bonds. The summed E-state index contributed by atoms with van der Waals surface area (Å²) in [5, 5.41) is 0. The molecule has 144 valence electrons. The topological polar surface area (TPSA) is 38.8 Å². The molecule has 4 nitrogen and oxygen atoms in total. The molecule has 2 aromatic carbocycles. The molecule has 1 atom stereocenters. The second-order valence-corrected chi connectivity index (χ2v) is 7.23. The van der Waals surface area contributed by atoms with Gasteiger partial charge in [0.1, 0.15) is 23.1 Å². The maximum atomic E-state index is 13.8. The Balaban J connectivity index is 1.75. The van der Waals surface area contributed by atoms with Gasteiger partial charge in [-0.15, -0.1) is 11.8 Å². The molecule has 0 saturated carbocycles.